The lowest BCUT2D eigenvalue weighted by Crippen LogP contribution is -2.09. The molecule has 1 aromatic heterocycles. The first-order valence-corrected chi connectivity index (χ1v) is 8.10. The van der Waals surface area contributed by atoms with Crippen LogP contribution in [0.5, 0.6) is 0 Å². The first-order chi connectivity index (χ1) is 9.44. The van der Waals surface area contributed by atoms with Gasteiger partial charge in [-0.15, -0.1) is 0 Å². The minimum absolute atomic E-state index is 0.208. The van der Waals surface area contributed by atoms with Gasteiger partial charge in [-0.05, 0) is 31.5 Å². The summed E-state index contributed by atoms with van der Waals surface area (Å²) in [5.74, 6) is -1.02. The van der Waals surface area contributed by atoms with E-state index in [0.717, 1.165) is 12.5 Å². The van der Waals surface area contributed by atoms with Gasteiger partial charge in [0.25, 0.3) is 0 Å². The molecular weight excluding hydrogens is 279 g/mol. The molecule has 2 aromatic rings. The summed E-state index contributed by atoms with van der Waals surface area (Å²) in [6.45, 7) is 4.03. The van der Waals surface area contributed by atoms with Crippen LogP contribution in [-0.4, -0.2) is 18.2 Å². The Labute approximate surface area is 118 Å². The highest BCUT2D eigenvalue weighted by atomic mass is 32.2. The van der Waals surface area contributed by atoms with Crippen molar-refractivity contribution < 1.29 is 12.8 Å². The lowest BCUT2D eigenvalue weighted by molar-refractivity contribution is 0.474. The number of hydrogen-bond acceptors (Lipinski definition) is 3. The number of rotatable bonds is 5. The zero-order valence-corrected chi connectivity index (χ0v) is 12.3. The van der Waals surface area contributed by atoms with E-state index in [-0.39, 0.29) is 16.7 Å². The fourth-order valence-corrected chi connectivity index (χ4v) is 3.21. The standard InChI is InChI=1S/C14H17FN2O2S/c1-3-11(2)17-9-8-12(16-17)10-20(18,19)14-7-5-4-6-13(14)15/h4-9,11H,3,10H2,1-2H3. The van der Waals surface area contributed by atoms with Crippen molar-refractivity contribution in [3.8, 4) is 0 Å². The molecular formula is C14H17FN2O2S. The molecule has 0 N–H and O–H groups in total. The van der Waals surface area contributed by atoms with E-state index in [2.05, 4.69) is 5.10 Å². The largest absolute Gasteiger partial charge is 0.270 e. The first-order valence-electron chi connectivity index (χ1n) is 6.45. The van der Waals surface area contributed by atoms with Gasteiger partial charge in [0.1, 0.15) is 10.7 Å². The Morgan fingerprint density at radius 1 is 1.30 bits per heavy atom. The van der Waals surface area contributed by atoms with E-state index < -0.39 is 15.7 Å². The molecule has 0 fully saturated rings. The molecule has 0 amide bonds. The Morgan fingerprint density at radius 3 is 2.65 bits per heavy atom. The second-order valence-corrected chi connectivity index (χ2v) is 6.69. The molecule has 1 aromatic carbocycles. The second kappa shape index (κ2) is 5.75. The van der Waals surface area contributed by atoms with E-state index in [1.54, 1.807) is 16.9 Å². The number of benzene rings is 1. The van der Waals surface area contributed by atoms with Gasteiger partial charge in [0.2, 0.25) is 0 Å². The van der Waals surface area contributed by atoms with Gasteiger partial charge >= 0.3 is 0 Å². The van der Waals surface area contributed by atoms with Crippen molar-refractivity contribution in [2.45, 2.75) is 37.0 Å². The van der Waals surface area contributed by atoms with Crippen LogP contribution in [0, 0.1) is 5.82 Å². The summed E-state index contributed by atoms with van der Waals surface area (Å²) in [6, 6.07) is 7.26. The van der Waals surface area contributed by atoms with E-state index in [1.807, 2.05) is 13.8 Å². The van der Waals surface area contributed by atoms with Crippen molar-refractivity contribution in [3.05, 3.63) is 48.0 Å². The Hall–Kier alpha value is -1.69. The molecule has 0 spiro atoms. The van der Waals surface area contributed by atoms with Crippen LogP contribution in [0.15, 0.2) is 41.4 Å². The lowest BCUT2D eigenvalue weighted by atomic mass is 10.3. The van der Waals surface area contributed by atoms with Crippen LogP contribution in [0.3, 0.4) is 0 Å². The Morgan fingerprint density at radius 2 is 2.00 bits per heavy atom. The van der Waals surface area contributed by atoms with Gasteiger partial charge in [0.05, 0.1) is 11.4 Å². The molecule has 6 heteroatoms. The summed E-state index contributed by atoms with van der Waals surface area (Å²) in [7, 11) is -3.71. The van der Waals surface area contributed by atoms with Crippen LogP contribution in [0.4, 0.5) is 4.39 Å². The molecule has 0 radical (unpaired) electrons. The summed E-state index contributed by atoms with van der Waals surface area (Å²) in [5.41, 5.74) is 0.425. The van der Waals surface area contributed by atoms with Crippen LogP contribution in [0.2, 0.25) is 0 Å². The molecule has 0 saturated carbocycles. The monoisotopic (exact) mass is 296 g/mol. The molecule has 0 bridgehead atoms. The van der Waals surface area contributed by atoms with Crippen LogP contribution in [-0.2, 0) is 15.6 Å². The van der Waals surface area contributed by atoms with E-state index in [1.165, 1.54) is 18.2 Å². The van der Waals surface area contributed by atoms with Crippen molar-refractivity contribution in [1.82, 2.24) is 9.78 Å². The topological polar surface area (TPSA) is 52.0 Å². The molecule has 0 saturated heterocycles. The molecule has 20 heavy (non-hydrogen) atoms. The van der Waals surface area contributed by atoms with Crippen molar-refractivity contribution >= 4 is 9.84 Å². The fraction of sp³-hybridized carbons (Fsp3) is 0.357. The minimum atomic E-state index is -3.71. The highest BCUT2D eigenvalue weighted by Gasteiger charge is 2.20. The van der Waals surface area contributed by atoms with Crippen LogP contribution in [0.25, 0.3) is 0 Å². The van der Waals surface area contributed by atoms with Crippen LogP contribution >= 0.6 is 0 Å². The van der Waals surface area contributed by atoms with E-state index >= 15 is 0 Å². The SMILES string of the molecule is CCC(C)n1ccc(CS(=O)(=O)c2ccccc2F)n1. The molecule has 1 unspecified atom stereocenters. The van der Waals surface area contributed by atoms with Crippen molar-refractivity contribution in [1.29, 1.82) is 0 Å². The maximum atomic E-state index is 13.6. The van der Waals surface area contributed by atoms with Gasteiger partial charge in [-0.3, -0.25) is 4.68 Å². The maximum Gasteiger partial charge on any atom is 0.187 e. The predicted molar refractivity (Wildman–Crippen MR) is 74.5 cm³/mol. The normalized spacial score (nSPS) is 13.3. The molecule has 2 rings (SSSR count). The highest BCUT2D eigenvalue weighted by molar-refractivity contribution is 7.90. The smallest absolute Gasteiger partial charge is 0.187 e. The van der Waals surface area contributed by atoms with Gasteiger partial charge in [0.15, 0.2) is 9.84 Å². The zero-order chi connectivity index (χ0) is 14.8. The molecule has 1 heterocycles. The van der Waals surface area contributed by atoms with Crippen molar-refractivity contribution in [2.75, 3.05) is 0 Å². The third-order valence-electron chi connectivity index (χ3n) is 3.22. The van der Waals surface area contributed by atoms with Gasteiger partial charge < -0.3 is 0 Å². The summed E-state index contributed by atoms with van der Waals surface area (Å²) >= 11 is 0. The van der Waals surface area contributed by atoms with Gasteiger partial charge in [-0.2, -0.15) is 5.10 Å². The summed E-state index contributed by atoms with van der Waals surface area (Å²) in [6.07, 6.45) is 2.65. The Bertz CT molecular complexity index is 695. The molecule has 1 atom stereocenters. The van der Waals surface area contributed by atoms with Gasteiger partial charge in [0, 0.05) is 12.2 Å². The fourth-order valence-electron chi connectivity index (χ4n) is 1.86. The number of hydrogen-bond donors (Lipinski definition) is 0. The number of halogens is 1. The second-order valence-electron chi connectivity index (χ2n) is 4.73. The van der Waals surface area contributed by atoms with Crippen molar-refractivity contribution in [2.24, 2.45) is 0 Å². The van der Waals surface area contributed by atoms with E-state index in [9.17, 15) is 12.8 Å². The molecule has 0 aliphatic heterocycles. The average Bonchev–Trinajstić information content (AvgIpc) is 2.85. The van der Waals surface area contributed by atoms with Gasteiger partial charge in [-0.1, -0.05) is 19.1 Å². The minimum Gasteiger partial charge on any atom is -0.270 e. The quantitative estimate of drug-likeness (QED) is 0.852. The number of sulfone groups is 1. The molecule has 4 nitrogen and oxygen atoms in total. The van der Waals surface area contributed by atoms with Crippen LogP contribution in [0.1, 0.15) is 32.0 Å². The number of aromatic nitrogens is 2. The first kappa shape index (κ1) is 14.7. The third kappa shape index (κ3) is 3.07. The van der Waals surface area contributed by atoms with E-state index in [4.69, 9.17) is 0 Å². The summed E-state index contributed by atoms with van der Waals surface area (Å²) < 4.78 is 39.7. The van der Waals surface area contributed by atoms with E-state index in [0.29, 0.717) is 5.69 Å². The highest BCUT2D eigenvalue weighted by Crippen LogP contribution is 2.19. The summed E-state index contributed by atoms with van der Waals surface area (Å²) in [5, 5.41) is 4.24. The molecule has 0 aliphatic rings. The van der Waals surface area contributed by atoms with Crippen molar-refractivity contribution in [3.63, 3.8) is 0 Å². The zero-order valence-electron chi connectivity index (χ0n) is 11.5. The Balaban J connectivity index is 2.25. The maximum absolute atomic E-state index is 13.6. The third-order valence-corrected chi connectivity index (χ3v) is 4.89. The van der Waals surface area contributed by atoms with Crippen LogP contribution < -0.4 is 0 Å². The Kier molecular flexibility index (Phi) is 4.23. The predicted octanol–water partition coefficient (Wildman–Crippen LogP) is 2.97. The number of nitrogens with zero attached hydrogens (tertiary/aromatic N) is 2. The molecule has 0 aliphatic carbocycles. The van der Waals surface area contributed by atoms with Gasteiger partial charge in [-0.25, -0.2) is 12.8 Å². The average molecular weight is 296 g/mol. The lowest BCUT2D eigenvalue weighted by Gasteiger charge is -2.08. The summed E-state index contributed by atoms with van der Waals surface area (Å²) in [4.78, 5) is -0.280. The molecule has 108 valence electrons.